The van der Waals surface area contributed by atoms with Crippen molar-refractivity contribution in [3.05, 3.63) is 59.4 Å². The van der Waals surface area contributed by atoms with Crippen molar-refractivity contribution >= 4 is 12.0 Å². The SMILES string of the molecule is COc1cccc2c1OCC(C(=O)N(Cc1cccnc1)C(C)C)=C2. The van der Waals surface area contributed by atoms with Crippen molar-refractivity contribution in [2.75, 3.05) is 13.7 Å². The van der Waals surface area contributed by atoms with Gasteiger partial charge in [-0.1, -0.05) is 18.2 Å². The van der Waals surface area contributed by atoms with Crippen LogP contribution in [0.4, 0.5) is 0 Å². The number of aromatic nitrogens is 1. The third kappa shape index (κ3) is 3.65. The van der Waals surface area contributed by atoms with Crippen molar-refractivity contribution < 1.29 is 14.3 Å². The lowest BCUT2D eigenvalue weighted by Gasteiger charge is -2.29. The number of hydrogen-bond donors (Lipinski definition) is 0. The summed E-state index contributed by atoms with van der Waals surface area (Å²) in [6.45, 7) is 4.78. The zero-order valence-corrected chi connectivity index (χ0v) is 14.7. The fourth-order valence-corrected chi connectivity index (χ4v) is 2.83. The molecular formula is C20H22N2O3. The lowest BCUT2D eigenvalue weighted by molar-refractivity contribution is -0.129. The van der Waals surface area contributed by atoms with Crippen LogP contribution in [0.5, 0.6) is 11.5 Å². The van der Waals surface area contributed by atoms with E-state index in [1.807, 2.05) is 55.2 Å². The van der Waals surface area contributed by atoms with Crippen LogP contribution in [-0.2, 0) is 11.3 Å². The van der Waals surface area contributed by atoms with Crippen molar-refractivity contribution in [1.29, 1.82) is 0 Å². The molecule has 0 spiro atoms. The van der Waals surface area contributed by atoms with Gasteiger partial charge < -0.3 is 14.4 Å². The second kappa shape index (κ2) is 7.38. The molecule has 0 aliphatic carbocycles. The average molecular weight is 338 g/mol. The van der Waals surface area contributed by atoms with Gasteiger partial charge in [0, 0.05) is 30.5 Å². The van der Waals surface area contributed by atoms with E-state index < -0.39 is 0 Å². The number of carbonyl (C=O) groups excluding carboxylic acids is 1. The number of benzene rings is 1. The monoisotopic (exact) mass is 338 g/mol. The molecular weight excluding hydrogens is 316 g/mol. The van der Waals surface area contributed by atoms with E-state index in [2.05, 4.69) is 4.98 Å². The first-order valence-corrected chi connectivity index (χ1v) is 8.30. The van der Waals surface area contributed by atoms with Crippen LogP contribution in [0.15, 0.2) is 48.3 Å². The second-order valence-electron chi connectivity index (χ2n) is 6.22. The van der Waals surface area contributed by atoms with E-state index in [9.17, 15) is 4.79 Å². The lowest BCUT2D eigenvalue weighted by atomic mass is 10.0. The Morgan fingerprint density at radius 3 is 2.84 bits per heavy atom. The minimum absolute atomic E-state index is 0.0210. The number of ether oxygens (including phenoxy) is 2. The van der Waals surface area contributed by atoms with Gasteiger partial charge in [-0.05, 0) is 37.6 Å². The fourth-order valence-electron chi connectivity index (χ4n) is 2.83. The molecule has 5 heteroatoms. The Morgan fingerprint density at radius 2 is 2.16 bits per heavy atom. The molecule has 2 heterocycles. The van der Waals surface area contributed by atoms with Gasteiger partial charge in [-0.3, -0.25) is 9.78 Å². The normalized spacial score (nSPS) is 12.9. The maximum Gasteiger partial charge on any atom is 0.253 e. The number of para-hydroxylation sites is 1. The molecule has 0 radical (unpaired) electrons. The van der Waals surface area contributed by atoms with Gasteiger partial charge in [0.1, 0.15) is 6.61 Å². The number of pyridine rings is 1. The van der Waals surface area contributed by atoms with E-state index in [4.69, 9.17) is 9.47 Å². The van der Waals surface area contributed by atoms with E-state index in [-0.39, 0.29) is 18.6 Å². The summed E-state index contributed by atoms with van der Waals surface area (Å²) < 4.78 is 11.1. The molecule has 0 N–H and O–H groups in total. The topological polar surface area (TPSA) is 51.7 Å². The van der Waals surface area contributed by atoms with Gasteiger partial charge in [0.15, 0.2) is 11.5 Å². The van der Waals surface area contributed by atoms with Gasteiger partial charge in [0.25, 0.3) is 5.91 Å². The van der Waals surface area contributed by atoms with Crippen molar-refractivity contribution in [2.24, 2.45) is 0 Å². The van der Waals surface area contributed by atoms with Crippen LogP contribution in [-0.4, -0.2) is 35.5 Å². The molecule has 1 aromatic carbocycles. The molecule has 1 amide bonds. The van der Waals surface area contributed by atoms with E-state index in [0.717, 1.165) is 11.1 Å². The van der Waals surface area contributed by atoms with E-state index >= 15 is 0 Å². The maximum atomic E-state index is 13.0. The second-order valence-corrected chi connectivity index (χ2v) is 6.22. The number of hydrogen-bond acceptors (Lipinski definition) is 4. The van der Waals surface area contributed by atoms with Crippen molar-refractivity contribution in [3.8, 4) is 11.5 Å². The van der Waals surface area contributed by atoms with Gasteiger partial charge in [0.2, 0.25) is 0 Å². The van der Waals surface area contributed by atoms with Crippen LogP contribution >= 0.6 is 0 Å². The summed E-state index contributed by atoms with van der Waals surface area (Å²) in [5.41, 5.74) is 2.50. The highest BCUT2D eigenvalue weighted by Gasteiger charge is 2.25. The predicted molar refractivity (Wildman–Crippen MR) is 96.4 cm³/mol. The van der Waals surface area contributed by atoms with Gasteiger partial charge in [-0.2, -0.15) is 0 Å². The van der Waals surface area contributed by atoms with Gasteiger partial charge in [-0.25, -0.2) is 0 Å². The molecule has 1 aromatic heterocycles. The summed E-state index contributed by atoms with van der Waals surface area (Å²) in [7, 11) is 1.61. The average Bonchev–Trinajstić information content (AvgIpc) is 2.65. The molecule has 0 unspecified atom stereocenters. The van der Waals surface area contributed by atoms with Crippen LogP contribution in [0.2, 0.25) is 0 Å². The summed E-state index contributed by atoms with van der Waals surface area (Å²) in [6, 6.07) is 9.58. The highest BCUT2D eigenvalue weighted by atomic mass is 16.5. The molecule has 5 nitrogen and oxygen atoms in total. The van der Waals surface area contributed by atoms with Crippen LogP contribution in [0, 0.1) is 0 Å². The van der Waals surface area contributed by atoms with E-state index in [0.29, 0.717) is 23.6 Å². The Hall–Kier alpha value is -2.82. The quantitative estimate of drug-likeness (QED) is 0.839. The summed E-state index contributed by atoms with van der Waals surface area (Å²) in [4.78, 5) is 19.0. The van der Waals surface area contributed by atoms with Gasteiger partial charge in [-0.15, -0.1) is 0 Å². The molecule has 0 atom stereocenters. The van der Waals surface area contributed by atoms with E-state index in [1.165, 1.54) is 0 Å². The fraction of sp³-hybridized carbons (Fsp3) is 0.300. The number of carbonyl (C=O) groups is 1. The third-order valence-electron chi connectivity index (χ3n) is 4.17. The molecule has 0 bridgehead atoms. The molecule has 25 heavy (non-hydrogen) atoms. The minimum Gasteiger partial charge on any atom is -0.493 e. The molecule has 0 saturated heterocycles. The lowest BCUT2D eigenvalue weighted by Crippen LogP contribution is -2.38. The number of amides is 1. The van der Waals surface area contributed by atoms with Crippen LogP contribution in [0.3, 0.4) is 0 Å². The largest absolute Gasteiger partial charge is 0.493 e. The number of nitrogens with zero attached hydrogens (tertiary/aromatic N) is 2. The zero-order chi connectivity index (χ0) is 17.8. The maximum absolute atomic E-state index is 13.0. The summed E-state index contributed by atoms with van der Waals surface area (Å²) in [5.74, 6) is 1.34. The highest BCUT2D eigenvalue weighted by Crippen LogP contribution is 2.35. The number of fused-ring (bicyclic) bond motifs is 1. The Balaban J connectivity index is 1.86. The molecule has 1 aliphatic rings. The van der Waals surface area contributed by atoms with Crippen molar-refractivity contribution in [1.82, 2.24) is 9.88 Å². The van der Waals surface area contributed by atoms with Gasteiger partial charge >= 0.3 is 0 Å². The third-order valence-corrected chi connectivity index (χ3v) is 4.17. The highest BCUT2D eigenvalue weighted by molar-refractivity contribution is 5.99. The Bertz CT molecular complexity index is 785. The smallest absolute Gasteiger partial charge is 0.253 e. The summed E-state index contributed by atoms with van der Waals surface area (Å²) in [6.07, 6.45) is 5.41. The van der Waals surface area contributed by atoms with Crippen LogP contribution in [0.1, 0.15) is 25.0 Å². The Labute approximate surface area is 147 Å². The Morgan fingerprint density at radius 1 is 1.32 bits per heavy atom. The summed E-state index contributed by atoms with van der Waals surface area (Å²) in [5, 5.41) is 0. The molecule has 3 rings (SSSR count). The predicted octanol–water partition coefficient (Wildman–Crippen LogP) is 3.30. The summed E-state index contributed by atoms with van der Waals surface area (Å²) >= 11 is 0. The number of methoxy groups -OCH3 is 1. The first-order valence-electron chi connectivity index (χ1n) is 8.30. The first kappa shape index (κ1) is 17.0. The number of rotatable bonds is 5. The molecule has 130 valence electrons. The van der Waals surface area contributed by atoms with E-state index in [1.54, 1.807) is 19.5 Å². The molecule has 2 aromatic rings. The zero-order valence-electron chi connectivity index (χ0n) is 14.7. The molecule has 0 fully saturated rings. The van der Waals surface area contributed by atoms with Crippen molar-refractivity contribution in [3.63, 3.8) is 0 Å². The minimum atomic E-state index is -0.0210. The van der Waals surface area contributed by atoms with Crippen LogP contribution in [0.25, 0.3) is 6.08 Å². The van der Waals surface area contributed by atoms with Crippen LogP contribution < -0.4 is 9.47 Å². The molecule has 0 saturated carbocycles. The molecule has 1 aliphatic heterocycles. The standard InChI is InChI=1S/C20H22N2O3/c1-14(2)22(12-15-6-5-9-21-11-15)20(23)17-10-16-7-4-8-18(24-3)19(16)25-13-17/h4-11,14H,12-13H2,1-3H3. The first-order chi connectivity index (χ1) is 12.1. The van der Waals surface area contributed by atoms with Gasteiger partial charge in [0.05, 0.1) is 12.7 Å². The Kier molecular flexibility index (Phi) is 5.03. The van der Waals surface area contributed by atoms with Crippen molar-refractivity contribution in [2.45, 2.75) is 26.4 Å².